The molecular formula is C75H140N2O7P+. The molecule has 0 aliphatic heterocycles. The van der Waals surface area contributed by atoms with Crippen LogP contribution in [0.25, 0.3) is 0 Å². The summed E-state index contributed by atoms with van der Waals surface area (Å²) in [6, 6.07) is -0.850. The summed E-state index contributed by atoms with van der Waals surface area (Å²) in [5.74, 6) is -0.494. The van der Waals surface area contributed by atoms with E-state index in [-0.39, 0.29) is 31.5 Å². The van der Waals surface area contributed by atoms with Crippen molar-refractivity contribution < 1.29 is 37.3 Å². The fourth-order valence-corrected chi connectivity index (χ4v) is 11.4. The number of nitrogens with one attached hydrogen (secondary N) is 1. The molecule has 85 heavy (non-hydrogen) atoms. The summed E-state index contributed by atoms with van der Waals surface area (Å²) >= 11 is 0. The summed E-state index contributed by atoms with van der Waals surface area (Å²) < 4.78 is 30.9. The van der Waals surface area contributed by atoms with Crippen molar-refractivity contribution in [1.29, 1.82) is 0 Å². The topological polar surface area (TPSA) is 111 Å². The maximum Gasteiger partial charge on any atom is 0.472 e. The van der Waals surface area contributed by atoms with Gasteiger partial charge in [0.1, 0.15) is 19.3 Å². The number of likely N-dealkylation sites (N-methyl/N-ethyl adjacent to an activating group) is 1. The summed E-state index contributed by atoms with van der Waals surface area (Å²) in [6.45, 7) is 6.95. The third-order valence-corrected chi connectivity index (χ3v) is 17.1. The lowest BCUT2D eigenvalue weighted by Gasteiger charge is -2.27. The van der Waals surface area contributed by atoms with Gasteiger partial charge < -0.3 is 19.4 Å². The van der Waals surface area contributed by atoms with E-state index in [4.69, 9.17) is 13.8 Å². The number of quaternary nitrogens is 1. The number of hydrogen-bond donors (Lipinski definition) is 2. The van der Waals surface area contributed by atoms with Crippen LogP contribution in [0.4, 0.5) is 0 Å². The molecule has 10 heteroatoms. The quantitative estimate of drug-likeness (QED) is 0.0205. The highest BCUT2D eigenvalue weighted by atomic mass is 31.2. The van der Waals surface area contributed by atoms with Crippen LogP contribution < -0.4 is 5.32 Å². The van der Waals surface area contributed by atoms with Crippen molar-refractivity contribution in [3.8, 4) is 0 Å². The van der Waals surface area contributed by atoms with Crippen molar-refractivity contribution >= 4 is 19.7 Å². The van der Waals surface area contributed by atoms with Crippen LogP contribution >= 0.6 is 7.82 Å². The van der Waals surface area contributed by atoms with Gasteiger partial charge in [-0.1, -0.05) is 325 Å². The number of phosphoric acid groups is 1. The lowest BCUT2D eigenvalue weighted by molar-refractivity contribution is -0.870. The molecule has 0 bridgehead atoms. The average molecular weight is 1210 g/mol. The van der Waals surface area contributed by atoms with Crippen molar-refractivity contribution in [2.24, 2.45) is 0 Å². The zero-order chi connectivity index (χ0) is 62.1. The van der Waals surface area contributed by atoms with Gasteiger partial charge in [-0.2, -0.15) is 0 Å². The molecule has 0 saturated carbocycles. The molecule has 0 rings (SSSR count). The highest BCUT2D eigenvalue weighted by Gasteiger charge is 2.30. The maximum absolute atomic E-state index is 13.6. The largest absolute Gasteiger partial charge is 0.472 e. The number of carbonyl (C=O) groups excluding carboxylic acids is 2. The molecule has 0 heterocycles. The minimum Gasteiger partial charge on any atom is -0.456 e. The van der Waals surface area contributed by atoms with Crippen LogP contribution in [-0.4, -0.2) is 74.3 Å². The second-order valence-corrected chi connectivity index (χ2v) is 27.2. The SMILES string of the molecule is CC/C=C\C/C=C\C/C=C\C/C=C\C/C=C\CCCCCCCCCCCCCC(=O)OC(/C=C/CCCCCCCCCCCCC)C(COP(=O)(O)OCC[N+](C)(C)C)NC(=O)CCCCCCCCCCCCCCCCCCCCC. The zero-order valence-electron chi connectivity index (χ0n) is 56.9. The molecule has 0 fully saturated rings. The number of ether oxygens (including phenoxy) is 1. The second kappa shape index (κ2) is 64.4. The van der Waals surface area contributed by atoms with Gasteiger partial charge in [-0.3, -0.25) is 18.6 Å². The highest BCUT2D eigenvalue weighted by Crippen LogP contribution is 2.43. The Balaban J connectivity index is 5.06. The van der Waals surface area contributed by atoms with E-state index in [0.717, 1.165) is 89.9 Å². The van der Waals surface area contributed by atoms with E-state index in [1.807, 2.05) is 33.3 Å². The van der Waals surface area contributed by atoms with E-state index in [9.17, 15) is 19.0 Å². The van der Waals surface area contributed by atoms with E-state index >= 15 is 0 Å². The molecule has 0 aliphatic carbocycles. The van der Waals surface area contributed by atoms with Gasteiger partial charge in [-0.05, 0) is 76.7 Å². The molecule has 1 amide bonds. The Morgan fingerprint density at radius 3 is 1.13 bits per heavy atom. The Morgan fingerprint density at radius 2 is 0.753 bits per heavy atom. The number of carbonyl (C=O) groups is 2. The van der Waals surface area contributed by atoms with E-state index < -0.39 is 20.0 Å². The number of allylic oxidation sites excluding steroid dienone is 11. The van der Waals surface area contributed by atoms with E-state index in [1.54, 1.807) is 0 Å². The molecule has 3 unspecified atom stereocenters. The molecule has 3 atom stereocenters. The Kier molecular flexibility index (Phi) is 62.5. The molecule has 0 spiro atoms. The van der Waals surface area contributed by atoms with Crippen LogP contribution in [0.1, 0.15) is 342 Å². The number of nitrogens with zero attached hydrogens (tertiary/aromatic N) is 1. The third-order valence-electron chi connectivity index (χ3n) is 16.2. The van der Waals surface area contributed by atoms with Gasteiger partial charge >= 0.3 is 13.8 Å². The molecule has 0 aromatic carbocycles. The standard InChI is InChI=1S/C75H139N2O7P/c1-7-10-13-16-19-22-25-28-30-32-34-35-36-37-38-39-40-41-43-45-47-50-53-56-59-62-65-68-75(79)84-73(66-63-60-57-54-51-48-27-24-21-18-15-12-9-3)72(71-83-85(80,81)82-70-69-77(4,5)6)76-74(78)67-64-61-58-55-52-49-46-44-42-33-31-29-26-23-20-17-14-11-8-2/h10,13,19,22,28,30,34-35,37-38,63,66,72-73H,7-9,11-12,14-18,20-21,23-27,29,31-33,36,39-62,64-65,67-71H2,1-6H3,(H-,76,78,80,81)/p+1/b13-10-,22-19-,30-28-,35-34-,38-37-,66-63+. The van der Waals surface area contributed by atoms with Crippen molar-refractivity contribution in [3.05, 3.63) is 72.9 Å². The number of esters is 1. The summed E-state index contributed by atoms with van der Waals surface area (Å²) in [7, 11) is 1.50. The third kappa shape index (κ3) is 65.7. The fraction of sp³-hybridized carbons (Fsp3) is 0.813. The Morgan fingerprint density at radius 1 is 0.424 bits per heavy atom. The van der Waals surface area contributed by atoms with Crippen molar-refractivity contribution in [2.45, 2.75) is 354 Å². The van der Waals surface area contributed by atoms with Gasteiger partial charge in [0.2, 0.25) is 5.91 Å². The number of amides is 1. The molecule has 2 N–H and O–H groups in total. The van der Waals surface area contributed by atoms with Gasteiger partial charge in [0.15, 0.2) is 0 Å². The van der Waals surface area contributed by atoms with Crippen molar-refractivity contribution in [2.75, 3.05) is 40.9 Å². The van der Waals surface area contributed by atoms with Crippen LogP contribution in [0.15, 0.2) is 72.9 Å². The monoisotopic (exact) mass is 1210 g/mol. The summed E-state index contributed by atoms with van der Waals surface area (Å²) in [5, 5.41) is 3.08. The number of hydrogen-bond acceptors (Lipinski definition) is 6. The fourth-order valence-electron chi connectivity index (χ4n) is 10.6. The highest BCUT2D eigenvalue weighted by molar-refractivity contribution is 7.47. The lowest BCUT2D eigenvalue weighted by atomic mass is 10.0. The van der Waals surface area contributed by atoms with Crippen molar-refractivity contribution in [1.82, 2.24) is 5.32 Å². The normalized spacial score (nSPS) is 13.9. The first-order chi connectivity index (χ1) is 41.4. The van der Waals surface area contributed by atoms with Crippen LogP contribution in [0.2, 0.25) is 0 Å². The molecule has 0 saturated heterocycles. The van der Waals surface area contributed by atoms with Crippen LogP contribution in [0.5, 0.6) is 0 Å². The molecule has 496 valence electrons. The smallest absolute Gasteiger partial charge is 0.456 e. The first kappa shape index (κ1) is 82.5. The summed E-state index contributed by atoms with van der Waals surface area (Å²) in [5.41, 5.74) is 0. The number of unbranched alkanes of at least 4 members (excludes halogenated alkanes) is 40. The van der Waals surface area contributed by atoms with Gasteiger partial charge in [-0.15, -0.1) is 0 Å². The maximum atomic E-state index is 13.6. The molecular weight excluding hydrogens is 1070 g/mol. The van der Waals surface area contributed by atoms with Crippen LogP contribution in [0, 0.1) is 0 Å². The zero-order valence-corrected chi connectivity index (χ0v) is 57.7. The second-order valence-electron chi connectivity index (χ2n) is 25.7. The Bertz CT molecular complexity index is 1680. The first-order valence-electron chi connectivity index (χ1n) is 36.3. The molecule has 9 nitrogen and oxygen atoms in total. The van der Waals surface area contributed by atoms with E-state index in [0.29, 0.717) is 17.4 Å². The van der Waals surface area contributed by atoms with Crippen LogP contribution in [0.3, 0.4) is 0 Å². The van der Waals surface area contributed by atoms with Gasteiger partial charge in [0.25, 0.3) is 0 Å². The predicted octanol–water partition coefficient (Wildman–Crippen LogP) is 23.1. The van der Waals surface area contributed by atoms with E-state index in [1.165, 1.54) is 218 Å². The Labute approximate surface area is 527 Å². The van der Waals surface area contributed by atoms with Gasteiger partial charge in [0.05, 0.1) is 33.8 Å². The Hall–Kier alpha value is -2.55. The minimum atomic E-state index is -4.46. The predicted molar refractivity (Wildman–Crippen MR) is 369 cm³/mol. The van der Waals surface area contributed by atoms with Gasteiger partial charge in [-0.25, -0.2) is 4.57 Å². The number of phosphoric ester groups is 1. The summed E-state index contributed by atoms with van der Waals surface area (Å²) in [6.07, 6.45) is 84.8. The molecule has 0 aromatic heterocycles. The molecule has 0 aromatic rings. The lowest BCUT2D eigenvalue weighted by Crippen LogP contribution is -2.47. The first-order valence-corrected chi connectivity index (χ1v) is 37.8. The summed E-state index contributed by atoms with van der Waals surface area (Å²) in [4.78, 5) is 37.9. The van der Waals surface area contributed by atoms with Crippen molar-refractivity contribution in [3.63, 3.8) is 0 Å². The molecule has 0 aliphatic rings. The average Bonchev–Trinajstić information content (AvgIpc) is 3.50. The van der Waals surface area contributed by atoms with E-state index in [2.05, 4.69) is 86.8 Å². The molecule has 0 radical (unpaired) electrons. The van der Waals surface area contributed by atoms with Gasteiger partial charge in [0, 0.05) is 12.8 Å². The minimum absolute atomic E-state index is 0.0401. The number of rotatable bonds is 66. The van der Waals surface area contributed by atoms with Crippen LogP contribution in [-0.2, 0) is 27.9 Å².